The highest BCUT2D eigenvalue weighted by molar-refractivity contribution is 5.83. The van der Waals surface area contributed by atoms with Crippen LogP contribution < -0.4 is 10.2 Å². The third-order valence-electron chi connectivity index (χ3n) is 10.3. The largest absolute Gasteiger partial charge is 0.481 e. The lowest BCUT2D eigenvalue weighted by Crippen LogP contribution is -2.55. The maximum absolute atomic E-state index is 13.6. The van der Waals surface area contributed by atoms with Gasteiger partial charge < -0.3 is 39.7 Å². The molecule has 2 aromatic rings. The molecule has 49 heavy (non-hydrogen) atoms. The molecule has 0 amide bonds. The van der Waals surface area contributed by atoms with Crippen molar-refractivity contribution >= 4 is 41.0 Å². The first-order valence-corrected chi connectivity index (χ1v) is 16.6. The summed E-state index contributed by atoms with van der Waals surface area (Å²) in [6.45, 7) is 1.50. The molecule has 6 rings (SSSR count). The predicted molar refractivity (Wildman–Crippen MR) is 171 cm³/mol. The summed E-state index contributed by atoms with van der Waals surface area (Å²) in [5, 5.41) is 37.5. The van der Waals surface area contributed by atoms with Gasteiger partial charge in [-0.25, -0.2) is 4.39 Å². The van der Waals surface area contributed by atoms with Crippen LogP contribution in [-0.4, -0.2) is 87.8 Å². The number of carbonyl (C=O) groups excluding carboxylic acids is 1. The van der Waals surface area contributed by atoms with E-state index in [2.05, 4.69) is 10.2 Å². The number of esters is 1. The number of nitrogens with zero attached hydrogens (tertiary/aromatic N) is 3. The van der Waals surface area contributed by atoms with Gasteiger partial charge in [-0.2, -0.15) is 5.10 Å². The minimum absolute atomic E-state index is 0.111. The van der Waals surface area contributed by atoms with Gasteiger partial charge in [0.1, 0.15) is 17.6 Å². The summed E-state index contributed by atoms with van der Waals surface area (Å²) in [6, 6.07) is 6.46. The van der Waals surface area contributed by atoms with E-state index in [-0.39, 0.29) is 11.7 Å². The molecule has 4 heterocycles. The fourth-order valence-electron chi connectivity index (χ4n) is 8.11. The number of fused-ring (bicyclic) bond motifs is 2. The highest BCUT2D eigenvalue weighted by Crippen LogP contribution is 2.48. The number of ether oxygens (including phenoxy) is 3. The molecule has 0 spiro atoms. The van der Waals surface area contributed by atoms with Crippen LogP contribution in [0.15, 0.2) is 29.8 Å². The maximum atomic E-state index is 13.6. The zero-order chi connectivity index (χ0) is 35.0. The Kier molecular flexibility index (Phi) is 9.93. The molecular weight excluding hydrogens is 643 g/mol. The van der Waals surface area contributed by atoms with Crippen LogP contribution in [-0.2, 0) is 40.4 Å². The van der Waals surface area contributed by atoms with Crippen LogP contribution >= 0.6 is 0 Å². The molecular formula is C34H41FN4O10. The van der Waals surface area contributed by atoms with E-state index in [1.807, 2.05) is 7.05 Å². The second kappa shape index (κ2) is 14.2. The van der Waals surface area contributed by atoms with Gasteiger partial charge in [0.2, 0.25) is 0 Å². The minimum Gasteiger partial charge on any atom is -0.481 e. The zero-order valence-corrected chi connectivity index (χ0v) is 27.3. The van der Waals surface area contributed by atoms with E-state index in [4.69, 9.17) is 19.3 Å². The van der Waals surface area contributed by atoms with Crippen LogP contribution in [0, 0.1) is 23.6 Å². The van der Waals surface area contributed by atoms with Gasteiger partial charge in [0.15, 0.2) is 12.5 Å². The molecule has 0 saturated carbocycles. The third-order valence-corrected chi connectivity index (χ3v) is 10.3. The lowest BCUT2D eigenvalue weighted by Gasteiger charge is -2.46. The van der Waals surface area contributed by atoms with Crippen molar-refractivity contribution in [3.63, 3.8) is 0 Å². The summed E-state index contributed by atoms with van der Waals surface area (Å²) in [5.74, 6) is -7.74. The Balaban J connectivity index is 1.33. The van der Waals surface area contributed by atoms with Gasteiger partial charge in [-0.05, 0) is 73.4 Å². The van der Waals surface area contributed by atoms with E-state index in [1.165, 1.54) is 12.1 Å². The van der Waals surface area contributed by atoms with E-state index in [1.54, 1.807) is 16.8 Å². The number of carbonyl (C=O) groups is 4. The smallest absolute Gasteiger partial charge is 0.314 e. The number of allylic oxidation sites excluding steroid dienone is 1. The van der Waals surface area contributed by atoms with E-state index < -0.39 is 79.5 Å². The summed E-state index contributed by atoms with van der Waals surface area (Å²) in [4.78, 5) is 51.2. The average molecular weight is 685 g/mol. The molecule has 2 fully saturated rings. The highest BCUT2D eigenvalue weighted by Gasteiger charge is 2.53. The van der Waals surface area contributed by atoms with Crippen LogP contribution in [0.3, 0.4) is 0 Å². The van der Waals surface area contributed by atoms with Crippen molar-refractivity contribution < 1.29 is 53.1 Å². The number of benzene rings is 1. The molecule has 0 radical (unpaired) electrons. The first kappa shape index (κ1) is 34.4. The van der Waals surface area contributed by atoms with E-state index >= 15 is 0 Å². The number of anilines is 2. The van der Waals surface area contributed by atoms with Gasteiger partial charge in [-0.3, -0.25) is 23.9 Å². The Morgan fingerprint density at radius 1 is 1.00 bits per heavy atom. The normalized spacial score (nSPS) is 28.0. The van der Waals surface area contributed by atoms with Crippen LogP contribution in [0.1, 0.15) is 68.5 Å². The highest BCUT2D eigenvalue weighted by atomic mass is 19.1. The molecule has 4 N–H and O–H groups in total. The third kappa shape index (κ3) is 6.99. The van der Waals surface area contributed by atoms with E-state index in [9.17, 15) is 38.9 Å². The lowest BCUT2D eigenvalue weighted by atomic mass is 9.71. The number of halogens is 1. The molecule has 7 atom stereocenters. The number of aliphatic carboxylic acids is 3. The van der Waals surface area contributed by atoms with Crippen molar-refractivity contribution in [2.75, 3.05) is 30.4 Å². The van der Waals surface area contributed by atoms with Crippen molar-refractivity contribution in [3.8, 4) is 0 Å². The quantitative estimate of drug-likeness (QED) is 0.250. The number of hydrogen-bond acceptors (Lipinski definition) is 10. The maximum Gasteiger partial charge on any atom is 0.314 e. The van der Waals surface area contributed by atoms with Gasteiger partial charge >= 0.3 is 23.9 Å². The topological polar surface area (TPSA) is 190 Å². The molecule has 1 aliphatic carbocycles. The number of carboxylic acids is 3. The van der Waals surface area contributed by atoms with Crippen molar-refractivity contribution in [2.24, 2.45) is 24.8 Å². The molecule has 6 unspecified atom stereocenters. The fraction of sp³-hybridized carbons (Fsp3) is 0.559. The van der Waals surface area contributed by atoms with Crippen LogP contribution in [0.2, 0.25) is 0 Å². The van der Waals surface area contributed by atoms with E-state index in [0.29, 0.717) is 18.8 Å². The van der Waals surface area contributed by atoms with Gasteiger partial charge in [0.25, 0.3) is 0 Å². The van der Waals surface area contributed by atoms with Gasteiger partial charge in [-0.1, -0.05) is 0 Å². The van der Waals surface area contributed by atoms with Gasteiger partial charge in [0, 0.05) is 49.6 Å². The van der Waals surface area contributed by atoms with Gasteiger partial charge in [0.05, 0.1) is 31.7 Å². The second-order valence-corrected chi connectivity index (χ2v) is 13.2. The van der Waals surface area contributed by atoms with Crippen molar-refractivity contribution in [3.05, 3.63) is 46.9 Å². The van der Waals surface area contributed by atoms with Crippen molar-refractivity contribution in [1.29, 1.82) is 0 Å². The molecule has 15 heteroatoms. The number of aromatic nitrogens is 2. The Morgan fingerprint density at radius 2 is 1.67 bits per heavy atom. The first-order valence-electron chi connectivity index (χ1n) is 16.6. The number of aryl methyl sites for hydroxylation is 1. The standard InChI is InChI=1S/C34H41FN4O10/c1-38-31-28(30(37-38)17-11-12-39(16-17)19-9-7-18(35)8-10-19)20-5-3-4-6-21(20)32(36-31)49-34-29(33(46)47-2)23(14-26(42)43)22(13-25(40)41)24(48-34)15-27(44)45/h7-10,17,22-24,29,32,34,36H,3-6,11-16H2,1-2H3,(H,40,41)(H,42,43)(H,44,45)/t17-,22?,23?,24?,29?,32?,34?/m0/s1. The van der Waals surface area contributed by atoms with Crippen LogP contribution in [0.25, 0.3) is 5.57 Å². The summed E-state index contributed by atoms with van der Waals surface area (Å²) in [6.07, 6.45) is -1.23. The summed E-state index contributed by atoms with van der Waals surface area (Å²) in [7, 11) is 2.96. The van der Waals surface area contributed by atoms with E-state index in [0.717, 1.165) is 67.4 Å². The molecule has 2 saturated heterocycles. The summed E-state index contributed by atoms with van der Waals surface area (Å²) in [5.41, 5.74) is 4.91. The Hall–Kier alpha value is -4.50. The van der Waals surface area contributed by atoms with Gasteiger partial charge in [-0.15, -0.1) is 0 Å². The van der Waals surface area contributed by atoms with Crippen LogP contribution in [0.4, 0.5) is 15.9 Å². The molecule has 1 aromatic heterocycles. The Morgan fingerprint density at radius 3 is 2.35 bits per heavy atom. The number of rotatable bonds is 11. The summed E-state index contributed by atoms with van der Waals surface area (Å²) >= 11 is 0. The van der Waals surface area contributed by atoms with Crippen molar-refractivity contribution in [2.45, 2.75) is 75.9 Å². The number of nitrogens with one attached hydrogen (secondary N) is 1. The minimum atomic E-state index is -1.44. The monoisotopic (exact) mass is 684 g/mol. The number of hydrogen-bond donors (Lipinski definition) is 4. The van der Waals surface area contributed by atoms with Crippen molar-refractivity contribution in [1.82, 2.24) is 9.78 Å². The Labute approximate surface area is 281 Å². The lowest BCUT2D eigenvalue weighted by molar-refractivity contribution is -0.266. The molecule has 264 valence electrons. The zero-order valence-electron chi connectivity index (χ0n) is 27.3. The van der Waals surface area contributed by atoms with Crippen LogP contribution in [0.5, 0.6) is 0 Å². The molecule has 0 bridgehead atoms. The predicted octanol–water partition coefficient (Wildman–Crippen LogP) is 3.82. The molecule has 4 aliphatic rings. The fourth-order valence-corrected chi connectivity index (χ4v) is 8.11. The summed E-state index contributed by atoms with van der Waals surface area (Å²) < 4.78 is 33.1. The average Bonchev–Trinajstić information content (AvgIpc) is 3.67. The molecule has 1 aromatic carbocycles. The molecule has 14 nitrogen and oxygen atoms in total. The SMILES string of the molecule is COC(=O)C1C(OC2Nc3c(c([C@H]4CCN(c5ccc(F)cc5)C4)nn3C)C3=C2CCCC3)OC(CC(=O)O)C(CC(=O)O)C1CC(=O)O. The molecule has 3 aliphatic heterocycles. The Bertz CT molecular complexity index is 1640. The second-order valence-electron chi connectivity index (χ2n) is 13.2. The number of carboxylic acid groups (broad SMARTS) is 3. The first-order chi connectivity index (χ1) is 23.4. The number of methoxy groups -OCH3 is 1.